The predicted octanol–water partition coefficient (Wildman–Crippen LogP) is 3.11. The molecule has 1 unspecified atom stereocenters. The highest BCUT2D eigenvalue weighted by molar-refractivity contribution is 8.26. The van der Waals surface area contributed by atoms with Crippen molar-refractivity contribution in [1.82, 2.24) is 4.90 Å². The van der Waals surface area contributed by atoms with Gasteiger partial charge in [0.15, 0.2) is 11.5 Å². The minimum atomic E-state index is -1.05. The minimum Gasteiger partial charge on any atom is -0.493 e. The second-order valence-corrected chi connectivity index (χ2v) is 7.96. The van der Waals surface area contributed by atoms with Crippen LogP contribution in [0.4, 0.5) is 0 Å². The fourth-order valence-corrected chi connectivity index (χ4v) is 4.25. The van der Waals surface area contributed by atoms with E-state index in [4.69, 9.17) is 21.7 Å². The Balaban J connectivity index is 2.29. The van der Waals surface area contributed by atoms with Crippen molar-refractivity contribution in [2.75, 3.05) is 26.2 Å². The Labute approximate surface area is 165 Å². The zero-order chi connectivity index (χ0) is 19.3. The van der Waals surface area contributed by atoms with Crippen molar-refractivity contribution in [2.24, 2.45) is 0 Å². The Kier molecular flexibility index (Phi) is 7.36. The van der Waals surface area contributed by atoms with E-state index in [1.54, 1.807) is 31.4 Å². The van der Waals surface area contributed by atoms with Crippen molar-refractivity contribution in [3.05, 3.63) is 28.7 Å². The SMILES string of the molecule is COc1ccc(C=C2SC(=S)N(C(CCSC)C(=O)O)C2=O)cc1OC. The summed E-state index contributed by atoms with van der Waals surface area (Å²) in [5, 5.41) is 9.48. The van der Waals surface area contributed by atoms with Gasteiger partial charge >= 0.3 is 5.97 Å². The monoisotopic (exact) mass is 413 g/mol. The van der Waals surface area contributed by atoms with Crippen LogP contribution in [0.15, 0.2) is 23.1 Å². The van der Waals surface area contributed by atoms with Gasteiger partial charge in [0.1, 0.15) is 10.4 Å². The number of ether oxygens (including phenoxy) is 2. The summed E-state index contributed by atoms with van der Waals surface area (Å²) < 4.78 is 10.7. The second-order valence-electron chi connectivity index (χ2n) is 5.30. The number of thioether (sulfide) groups is 2. The molecule has 1 saturated heterocycles. The number of aliphatic carboxylic acids is 1. The van der Waals surface area contributed by atoms with Gasteiger partial charge in [-0.1, -0.05) is 30.0 Å². The third-order valence-corrected chi connectivity index (χ3v) is 5.70. The standard InChI is InChI=1S/C17H19NO5S3/c1-22-12-5-4-10(8-13(12)23-2)9-14-15(19)18(17(24)26-14)11(16(20)21)6-7-25-3/h4-5,8-9,11H,6-7H2,1-3H3,(H,20,21). The zero-order valence-corrected chi connectivity index (χ0v) is 17.0. The van der Waals surface area contributed by atoms with E-state index in [0.29, 0.717) is 28.6 Å². The summed E-state index contributed by atoms with van der Waals surface area (Å²) in [5.74, 6) is 0.314. The second kappa shape index (κ2) is 9.29. The molecule has 0 spiro atoms. The van der Waals surface area contributed by atoms with Crippen molar-refractivity contribution in [1.29, 1.82) is 0 Å². The summed E-state index contributed by atoms with van der Waals surface area (Å²) in [4.78, 5) is 25.9. The van der Waals surface area contributed by atoms with Gasteiger partial charge in [0.25, 0.3) is 5.91 Å². The topological polar surface area (TPSA) is 76.1 Å². The molecule has 1 fully saturated rings. The largest absolute Gasteiger partial charge is 0.493 e. The molecule has 0 radical (unpaired) electrons. The minimum absolute atomic E-state index is 0.259. The van der Waals surface area contributed by atoms with E-state index in [2.05, 4.69) is 0 Å². The molecule has 6 nitrogen and oxygen atoms in total. The van der Waals surface area contributed by atoms with E-state index in [9.17, 15) is 14.7 Å². The first kappa shape index (κ1) is 20.6. The van der Waals surface area contributed by atoms with Gasteiger partial charge in [0.2, 0.25) is 0 Å². The number of rotatable bonds is 8. The van der Waals surface area contributed by atoms with Crippen LogP contribution < -0.4 is 9.47 Å². The molecule has 140 valence electrons. The smallest absolute Gasteiger partial charge is 0.326 e. The Morgan fingerprint density at radius 1 is 1.38 bits per heavy atom. The number of amides is 1. The molecule has 1 N–H and O–H groups in total. The number of thiocarbonyl (C=S) groups is 1. The molecule has 9 heteroatoms. The molecule has 1 aliphatic rings. The number of carboxylic acid groups (broad SMARTS) is 1. The molecular weight excluding hydrogens is 394 g/mol. The number of carbonyl (C=O) groups excluding carboxylic acids is 1. The van der Waals surface area contributed by atoms with Crippen LogP contribution in [0.2, 0.25) is 0 Å². The van der Waals surface area contributed by atoms with Gasteiger partial charge in [-0.15, -0.1) is 0 Å². The summed E-state index contributed by atoms with van der Waals surface area (Å²) >= 11 is 7.89. The highest BCUT2D eigenvalue weighted by Crippen LogP contribution is 2.36. The zero-order valence-electron chi connectivity index (χ0n) is 14.6. The Morgan fingerprint density at radius 2 is 2.08 bits per heavy atom. The number of methoxy groups -OCH3 is 2. The summed E-state index contributed by atoms with van der Waals surface area (Å²) in [6.45, 7) is 0. The highest BCUT2D eigenvalue weighted by Gasteiger charge is 2.40. The van der Waals surface area contributed by atoms with Crippen LogP contribution in [0.25, 0.3) is 6.08 Å². The molecule has 1 aromatic carbocycles. The third kappa shape index (κ3) is 4.52. The Hall–Kier alpha value is -1.71. The molecule has 1 amide bonds. The van der Waals surface area contributed by atoms with Crippen LogP contribution in [0.5, 0.6) is 11.5 Å². The van der Waals surface area contributed by atoms with Crippen molar-refractivity contribution in [2.45, 2.75) is 12.5 Å². The van der Waals surface area contributed by atoms with Crippen LogP contribution in [0.3, 0.4) is 0 Å². The molecule has 1 atom stereocenters. The fraction of sp³-hybridized carbons (Fsp3) is 0.353. The van der Waals surface area contributed by atoms with E-state index < -0.39 is 12.0 Å². The maximum absolute atomic E-state index is 12.7. The normalized spacial score (nSPS) is 16.9. The van der Waals surface area contributed by atoms with Crippen molar-refractivity contribution < 1.29 is 24.2 Å². The molecule has 1 aromatic rings. The van der Waals surface area contributed by atoms with E-state index in [1.165, 1.54) is 23.8 Å². The maximum atomic E-state index is 12.7. The number of carboxylic acids is 1. The highest BCUT2D eigenvalue weighted by atomic mass is 32.2. The molecule has 0 saturated carbocycles. The third-order valence-electron chi connectivity index (χ3n) is 3.72. The molecule has 0 aromatic heterocycles. The van der Waals surface area contributed by atoms with Crippen molar-refractivity contribution in [3.8, 4) is 11.5 Å². The van der Waals surface area contributed by atoms with Gasteiger partial charge < -0.3 is 14.6 Å². The quantitative estimate of drug-likeness (QED) is 0.515. The van der Waals surface area contributed by atoms with Gasteiger partial charge in [-0.2, -0.15) is 11.8 Å². The molecular formula is C17H19NO5S3. The van der Waals surface area contributed by atoms with E-state index in [-0.39, 0.29) is 10.2 Å². The van der Waals surface area contributed by atoms with Crippen molar-refractivity contribution in [3.63, 3.8) is 0 Å². The number of hydrogen-bond acceptors (Lipinski definition) is 7. The number of benzene rings is 1. The summed E-state index contributed by atoms with van der Waals surface area (Å²) in [7, 11) is 3.08. The first-order valence-electron chi connectivity index (χ1n) is 7.63. The molecule has 0 aliphatic carbocycles. The van der Waals surface area contributed by atoms with Crippen LogP contribution in [0.1, 0.15) is 12.0 Å². The molecule has 0 bridgehead atoms. The lowest BCUT2D eigenvalue weighted by atomic mass is 10.1. The summed E-state index contributed by atoms with van der Waals surface area (Å²) in [5.41, 5.74) is 0.735. The number of hydrogen-bond donors (Lipinski definition) is 1. The maximum Gasteiger partial charge on any atom is 0.326 e. The van der Waals surface area contributed by atoms with Gasteiger partial charge in [0, 0.05) is 0 Å². The van der Waals surface area contributed by atoms with Gasteiger partial charge in [-0.25, -0.2) is 4.79 Å². The lowest BCUT2D eigenvalue weighted by Crippen LogP contribution is -2.44. The van der Waals surface area contributed by atoms with E-state index in [1.807, 2.05) is 6.26 Å². The molecule has 2 rings (SSSR count). The van der Waals surface area contributed by atoms with Crippen molar-refractivity contribution >= 4 is 58.0 Å². The molecule has 1 aliphatic heterocycles. The van der Waals surface area contributed by atoms with Crippen LogP contribution in [-0.4, -0.2) is 58.5 Å². The van der Waals surface area contributed by atoms with Gasteiger partial charge in [0.05, 0.1) is 19.1 Å². The van der Waals surface area contributed by atoms with Crippen LogP contribution in [-0.2, 0) is 9.59 Å². The van der Waals surface area contributed by atoms with Gasteiger partial charge in [-0.3, -0.25) is 9.69 Å². The lowest BCUT2D eigenvalue weighted by molar-refractivity contribution is -0.145. The first-order chi connectivity index (χ1) is 12.4. The number of nitrogens with zero attached hydrogens (tertiary/aromatic N) is 1. The number of carbonyl (C=O) groups is 2. The Morgan fingerprint density at radius 3 is 2.65 bits per heavy atom. The summed E-state index contributed by atoms with van der Waals surface area (Å²) in [6, 6.07) is 4.32. The fourth-order valence-electron chi connectivity index (χ4n) is 2.43. The predicted molar refractivity (Wildman–Crippen MR) is 109 cm³/mol. The van der Waals surface area contributed by atoms with E-state index in [0.717, 1.165) is 17.3 Å². The van der Waals surface area contributed by atoms with Crippen LogP contribution in [0, 0.1) is 0 Å². The summed E-state index contributed by atoms with van der Waals surface area (Å²) in [6.07, 6.45) is 3.90. The average molecular weight is 414 g/mol. The van der Waals surface area contributed by atoms with E-state index >= 15 is 0 Å². The molecule has 1 heterocycles. The molecule has 26 heavy (non-hydrogen) atoms. The lowest BCUT2D eigenvalue weighted by Gasteiger charge is -2.22. The van der Waals surface area contributed by atoms with Crippen LogP contribution >= 0.6 is 35.7 Å². The average Bonchev–Trinajstić information content (AvgIpc) is 2.89. The first-order valence-corrected chi connectivity index (χ1v) is 10.3. The van der Waals surface area contributed by atoms with Gasteiger partial charge in [-0.05, 0) is 42.2 Å². The Bertz CT molecular complexity index is 750.